The average molecular weight is 299 g/mol. The summed E-state index contributed by atoms with van der Waals surface area (Å²) in [5.74, 6) is -0.227. The Morgan fingerprint density at radius 2 is 2.30 bits per heavy atom. The molecule has 0 saturated carbocycles. The Bertz CT molecular complexity index is 456. The van der Waals surface area contributed by atoms with E-state index in [-0.39, 0.29) is 24.7 Å². The third-order valence-electron chi connectivity index (χ3n) is 2.91. The largest absolute Gasteiger partial charge is 0.370 e. The molecule has 0 aliphatic carbocycles. The van der Waals surface area contributed by atoms with Crippen LogP contribution >= 0.6 is 11.6 Å². The van der Waals surface area contributed by atoms with Crippen molar-refractivity contribution in [3.63, 3.8) is 0 Å². The second-order valence-electron chi connectivity index (χ2n) is 4.77. The first kappa shape index (κ1) is 15.3. The smallest absolute Gasteiger partial charge is 0.250 e. The predicted octanol–water partition coefficient (Wildman–Crippen LogP) is 1.67. The van der Waals surface area contributed by atoms with E-state index in [9.17, 15) is 4.79 Å². The van der Waals surface area contributed by atoms with E-state index in [2.05, 4.69) is 10.6 Å². The number of hydrogen-bond acceptors (Lipinski definition) is 4. The van der Waals surface area contributed by atoms with E-state index in [1.54, 1.807) is 12.1 Å². The van der Waals surface area contributed by atoms with Gasteiger partial charge in [0.05, 0.1) is 29.5 Å². The van der Waals surface area contributed by atoms with Crippen LogP contribution < -0.4 is 10.6 Å². The molecule has 0 bridgehead atoms. The highest BCUT2D eigenvalue weighted by Crippen LogP contribution is 2.20. The SMILES string of the molecule is CC1CNCC(COCC(=O)Nc2ccccc2Cl)O1. The fourth-order valence-electron chi connectivity index (χ4n) is 2.00. The number of hydrogen-bond donors (Lipinski definition) is 2. The summed E-state index contributed by atoms with van der Waals surface area (Å²) in [7, 11) is 0. The number of morpholine rings is 1. The van der Waals surface area contributed by atoms with Gasteiger partial charge in [-0.2, -0.15) is 0 Å². The molecule has 0 radical (unpaired) electrons. The molecule has 2 rings (SSSR count). The molecule has 0 aromatic heterocycles. The first-order chi connectivity index (χ1) is 9.65. The third-order valence-corrected chi connectivity index (χ3v) is 3.24. The van der Waals surface area contributed by atoms with Crippen LogP contribution in [-0.2, 0) is 14.3 Å². The lowest BCUT2D eigenvalue weighted by molar-refractivity contribution is -0.123. The number of rotatable bonds is 5. The molecular weight excluding hydrogens is 280 g/mol. The number of amides is 1. The zero-order chi connectivity index (χ0) is 14.4. The van der Waals surface area contributed by atoms with Crippen molar-refractivity contribution < 1.29 is 14.3 Å². The molecule has 20 heavy (non-hydrogen) atoms. The highest BCUT2D eigenvalue weighted by atomic mass is 35.5. The molecule has 0 spiro atoms. The van der Waals surface area contributed by atoms with Gasteiger partial charge in [-0.15, -0.1) is 0 Å². The monoisotopic (exact) mass is 298 g/mol. The Balaban J connectivity index is 1.69. The van der Waals surface area contributed by atoms with Gasteiger partial charge in [-0.25, -0.2) is 0 Å². The Morgan fingerprint density at radius 1 is 1.50 bits per heavy atom. The standard InChI is InChI=1S/C14H19ClN2O3/c1-10-6-16-7-11(20-10)8-19-9-14(18)17-13-5-3-2-4-12(13)15/h2-5,10-11,16H,6-9H2,1H3,(H,17,18). The minimum Gasteiger partial charge on any atom is -0.370 e. The van der Waals surface area contributed by atoms with Crippen molar-refractivity contribution in [1.29, 1.82) is 0 Å². The molecule has 1 aliphatic rings. The first-order valence-corrected chi connectivity index (χ1v) is 7.01. The van der Waals surface area contributed by atoms with Crippen molar-refractivity contribution >= 4 is 23.2 Å². The highest BCUT2D eigenvalue weighted by Gasteiger charge is 2.19. The normalized spacial score (nSPS) is 22.5. The van der Waals surface area contributed by atoms with E-state index < -0.39 is 0 Å². The summed E-state index contributed by atoms with van der Waals surface area (Å²) in [6, 6.07) is 7.09. The van der Waals surface area contributed by atoms with Crippen molar-refractivity contribution in [1.82, 2.24) is 5.32 Å². The van der Waals surface area contributed by atoms with E-state index in [4.69, 9.17) is 21.1 Å². The summed E-state index contributed by atoms with van der Waals surface area (Å²) in [5.41, 5.74) is 0.590. The van der Waals surface area contributed by atoms with Gasteiger partial charge in [-0.3, -0.25) is 4.79 Å². The molecule has 1 aromatic carbocycles. The maximum atomic E-state index is 11.7. The number of halogens is 1. The van der Waals surface area contributed by atoms with Crippen LogP contribution in [0.1, 0.15) is 6.92 Å². The number of nitrogens with one attached hydrogen (secondary N) is 2. The zero-order valence-electron chi connectivity index (χ0n) is 11.4. The number of carbonyl (C=O) groups is 1. The van der Waals surface area contributed by atoms with Gasteiger partial charge in [0.25, 0.3) is 0 Å². The van der Waals surface area contributed by atoms with Crippen molar-refractivity contribution in [2.75, 3.05) is 31.6 Å². The molecule has 5 nitrogen and oxygen atoms in total. The van der Waals surface area contributed by atoms with Crippen LogP contribution in [0.25, 0.3) is 0 Å². The number of benzene rings is 1. The molecular formula is C14H19ClN2O3. The summed E-state index contributed by atoms with van der Waals surface area (Å²) in [5, 5.41) is 6.46. The lowest BCUT2D eigenvalue weighted by Crippen LogP contribution is -2.45. The quantitative estimate of drug-likeness (QED) is 0.868. The highest BCUT2D eigenvalue weighted by molar-refractivity contribution is 6.33. The van der Waals surface area contributed by atoms with Gasteiger partial charge in [0, 0.05) is 13.1 Å². The van der Waals surface area contributed by atoms with Crippen LogP contribution in [0.15, 0.2) is 24.3 Å². The summed E-state index contributed by atoms with van der Waals surface area (Å²) in [4.78, 5) is 11.7. The minimum atomic E-state index is -0.227. The topological polar surface area (TPSA) is 59.6 Å². The van der Waals surface area contributed by atoms with Crippen LogP contribution in [0.3, 0.4) is 0 Å². The molecule has 1 aliphatic heterocycles. The van der Waals surface area contributed by atoms with Crippen molar-refractivity contribution in [2.45, 2.75) is 19.1 Å². The Hall–Kier alpha value is -1.14. The molecule has 1 saturated heterocycles. The number of anilines is 1. The predicted molar refractivity (Wildman–Crippen MR) is 78.1 cm³/mol. The Kier molecular flexibility index (Phi) is 5.79. The fraction of sp³-hybridized carbons (Fsp3) is 0.500. The van der Waals surface area contributed by atoms with Gasteiger partial charge in [0.15, 0.2) is 0 Å². The summed E-state index contributed by atoms with van der Waals surface area (Å²) in [6.45, 7) is 3.98. The van der Waals surface area contributed by atoms with Crippen LogP contribution in [0, 0.1) is 0 Å². The zero-order valence-corrected chi connectivity index (χ0v) is 12.2. The van der Waals surface area contributed by atoms with Crippen molar-refractivity contribution in [3.8, 4) is 0 Å². The van der Waals surface area contributed by atoms with Gasteiger partial charge in [0.2, 0.25) is 5.91 Å². The maximum absolute atomic E-state index is 11.7. The van der Waals surface area contributed by atoms with Crippen LogP contribution in [0.5, 0.6) is 0 Å². The van der Waals surface area contributed by atoms with E-state index in [1.165, 1.54) is 0 Å². The van der Waals surface area contributed by atoms with E-state index >= 15 is 0 Å². The molecule has 2 atom stereocenters. The van der Waals surface area contributed by atoms with Gasteiger partial charge in [-0.1, -0.05) is 23.7 Å². The summed E-state index contributed by atoms with van der Waals surface area (Å²) < 4.78 is 11.0. The lowest BCUT2D eigenvalue weighted by Gasteiger charge is -2.28. The van der Waals surface area contributed by atoms with Crippen molar-refractivity contribution in [3.05, 3.63) is 29.3 Å². The van der Waals surface area contributed by atoms with E-state index in [0.29, 0.717) is 17.3 Å². The molecule has 2 unspecified atom stereocenters. The third kappa shape index (κ3) is 4.76. The average Bonchev–Trinajstić information content (AvgIpc) is 2.41. The van der Waals surface area contributed by atoms with Gasteiger partial charge < -0.3 is 20.1 Å². The van der Waals surface area contributed by atoms with Gasteiger partial charge >= 0.3 is 0 Å². The minimum absolute atomic E-state index is 0.00753. The fourth-order valence-corrected chi connectivity index (χ4v) is 2.19. The maximum Gasteiger partial charge on any atom is 0.250 e. The number of para-hydroxylation sites is 1. The number of ether oxygens (including phenoxy) is 2. The van der Waals surface area contributed by atoms with E-state index in [1.807, 2.05) is 19.1 Å². The molecule has 1 fully saturated rings. The lowest BCUT2D eigenvalue weighted by atomic mass is 10.2. The Morgan fingerprint density at radius 3 is 3.05 bits per heavy atom. The van der Waals surface area contributed by atoms with Crippen molar-refractivity contribution in [2.24, 2.45) is 0 Å². The summed E-state index contributed by atoms with van der Waals surface area (Å²) >= 11 is 5.96. The van der Waals surface area contributed by atoms with Gasteiger partial charge in [0.1, 0.15) is 6.61 Å². The molecule has 1 amide bonds. The molecule has 6 heteroatoms. The number of carbonyl (C=O) groups excluding carboxylic acids is 1. The van der Waals surface area contributed by atoms with Gasteiger partial charge in [-0.05, 0) is 19.1 Å². The second-order valence-corrected chi connectivity index (χ2v) is 5.18. The van der Waals surface area contributed by atoms with Crippen LogP contribution in [0.2, 0.25) is 5.02 Å². The molecule has 2 N–H and O–H groups in total. The van der Waals surface area contributed by atoms with Crippen LogP contribution in [-0.4, -0.2) is 44.4 Å². The Labute approximate surface area is 123 Å². The van der Waals surface area contributed by atoms with Crippen LogP contribution in [0.4, 0.5) is 5.69 Å². The second kappa shape index (κ2) is 7.59. The molecule has 1 aromatic rings. The van der Waals surface area contributed by atoms with E-state index in [0.717, 1.165) is 13.1 Å². The first-order valence-electron chi connectivity index (χ1n) is 6.63. The summed E-state index contributed by atoms with van der Waals surface area (Å²) in [6.07, 6.45) is 0.168. The molecule has 1 heterocycles. The molecule has 110 valence electrons.